The van der Waals surface area contributed by atoms with E-state index in [1.807, 2.05) is 0 Å². The highest BCUT2D eigenvalue weighted by Gasteiger charge is 2.32. The number of hydrogen-bond acceptors (Lipinski definition) is 1. The van der Waals surface area contributed by atoms with Gasteiger partial charge in [-0.3, -0.25) is 0 Å². The van der Waals surface area contributed by atoms with Crippen LogP contribution < -0.4 is 4.74 Å². The zero-order valence-electron chi connectivity index (χ0n) is 9.04. The molecule has 0 radical (unpaired) electrons. The molecule has 94 valence electrons. The largest absolute Gasteiger partial charge is 0.573 e. The first-order valence-corrected chi connectivity index (χ1v) is 5.06. The predicted molar refractivity (Wildman–Crippen MR) is 58.5 cm³/mol. The zero-order valence-corrected chi connectivity index (χ0v) is 9.04. The van der Waals surface area contributed by atoms with Crippen molar-refractivity contribution in [2.45, 2.75) is 6.36 Å². The van der Waals surface area contributed by atoms with Crippen LogP contribution in [-0.4, -0.2) is 6.36 Å². The van der Waals surface area contributed by atoms with Crippen LogP contribution in [0.25, 0.3) is 11.1 Å². The number of ether oxygens (including phenoxy) is 1. The number of halogens is 4. The fraction of sp³-hybridized carbons (Fsp3) is 0.0769. The van der Waals surface area contributed by atoms with Crippen LogP contribution in [0.15, 0.2) is 48.5 Å². The molecule has 0 amide bonds. The molecule has 18 heavy (non-hydrogen) atoms. The lowest BCUT2D eigenvalue weighted by atomic mass is 10.0. The minimum absolute atomic E-state index is 0.189. The van der Waals surface area contributed by atoms with Gasteiger partial charge in [0, 0.05) is 5.56 Å². The van der Waals surface area contributed by atoms with Crippen molar-refractivity contribution in [3.63, 3.8) is 0 Å². The van der Waals surface area contributed by atoms with E-state index in [9.17, 15) is 17.6 Å². The van der Waals surface area contributed by atoms with E-state index in [0.717, 1.165) is 6.07 Å². The summed E-state index contributed by atoms with van der Waals surface area (Å²) < 4.78 is 53.6. The third-order valence-corrected chi connectivity index (χ3v) is 2.25. The number of hydrogen-bond donors (Lipinski definition) is 0. The van der Waals surface area contributed by atoms with E-state index in [0.29, 0.717) is 5.56 Å². The summed E-state index contributed by atoms with van der Waals surface area (Å²) in [5.41, 5.74) is 0.518. The predicted octanol–water partition coefficient (Wildman–Crippen LogP) is 4.39. The summed E-state index contributed by atoms with van der Waals surface area (Å²) in [5, 5.41) is 0. The highest BCUT2D eigenvalue weighted by atomic mass is 19.4. The quantitative estimate of drug-likeness (QED) is 0.724. The SMILES string of the molecule is Fc1cccc(-c2ccccc2OC(F)(F)F)c1. The minimum Gasteiger partial charge on any atom is -0.405 e. The Morgan fingerprint density at radius 1 is 0.889 bits per heavy atom. The fourth-order valence-corrected chi connectivity index (χ4v) is 1.57. The number of para-hydroxylation sites is 1. The Hall–Kier alpha value is -2.04. The molecule has 0 aliphatic rings. The highest BCUT2D eigenvalue weighted by Crippen LogP contribution is 2.33. The van der Waals surface area contributed by atoms with Gasteiger partial charge in [0.05, 0.1) is 0 Å². The van der Waals surface area contributed by atoms with E-state index in [-0.39, 0.29) is 11.3 Å². The van der Waals surface area contributed by atoms with Crippen molar-refractivity contribution in [3.05, 3.63) is 54.3 Å². The maximum Gasteiger partial charge on any atom is 0.573 e. The Balaban J connectivity index is 2.45. The van der Waals surface area contributed by atoms with Crippen LogP contribution in [0.4, 0.5) is 17.6 Å². The summed E-state index contributed by atoms with van der Waals surface area (Å²) in [7, 11) is 0. The summed E-state index contributed by atoms with van der Waals surface area (Å²) in [5.74, 6) is -0.870. The number of rotatable bonds is 2. The maximum atomic E-state index is 13.1. The molecule has 1 nitrogen and oxygen atoms in total. The number of benzene rings is 2. The normalized spacial score (nSPS) is 11.3. The standard InChI is InChI=1S/C13H8F4O/c14-10-5-3-4-9(8-10)11-6-1-2-7-12(11)18-13(15,16)17/h1-8H. The molecule has 0 N–H and O–H groups in total. The van der Waals surface area contributed by atoms with E-state index < -0.39 is 12.2 Å². The molecule has 2 aromatic rings. The van der Waals surface area contributed by atoms with Crippen molar-refractivity contribution in [1.29, 1.82) is 0 Å². The average molecular weight is 256 g/mol. The Morgan fingerprint density at radius 2 is 1.61 bits per heavy atom. The smallest absolute Gasteiger partial charge is 0.405 e. The molecule has 0 unspecified atom stereocenters. The van der Waals surface area contributed by atoms with Gasteiger partial charge >= 0.3 is 6.36 Å². The average Bonchev–Trinajstić information content (AvgIpc) is 2.27. The van der Waals surface area contributed by atoms with Gasteiger partial charge in [-0.15, -0.1) is 13.2 Å². The van der Waals surface area contributed by atoms with E-state index in [1.165, 1.54) is 36.4 Å². The first-order valence-electron chi connectivity index (χ1n) is 5.06. The van der Waals surface area contributed by atoms with Gasteiger partial charge in [0.25, 0.3) is 0 Å². The molecule has 5 heteroatoms. The molecule has 0 aliphatic carbocycles. The van der Waals surface area contributed by atoms with Crippen molar-refractivity contribution in [1.82, 2.24) is 0 Å². The van der Waals surface area contributed by atoms with Crippen LogP contribution in [0, 0.1) is 5.82 Å². The van der Waals surface area contributed by atoms with E-state index in [2.05, 4.69) is 4.74 Å². The molecule has 0 fully saturated rings. The van der Waals surface area contributed by atoms with Crippen molar-refractivity contribution < 1.29 is 22.3 Å². The molecule has 0 atom stereocenters. The second-order valence-corrected chi connectivity index (χ2v) is 3.55. The van der Waals surface area contributed by atoms with E-state index >= 15 is 0 Å². The molecule has 0 aromatic heterocycles. The Labute approximate surface area is 101 Å². The summed E-state index contributed by atoms with van der Waals surface area (Å²) in [4.78, 5) is 0. The van der Waals surface area contributed by atoms with Crippen LogP contribution in [0.2, 0.25) is 0 Å². The first-order chi connectivity index (χ1) is 8.46. The lowest BCUT2D eigenvalue weighted by Gasteiger charge is -2.13. The molecule has 0 bridgehead atoms. The molecule has 0 spiro atoms. The molecule has 0 heterocycles. The summed E-state index contributed by atoms with van der Waals surface area (Å²) in [6, 6.07) is 10.9. The Bertz CT molecular complexity index is 549. The zero-order chi connectivity index (χ0) is 13.2. The van der Waals surface area contributed by atoms with Crippen LogP contribution in [0.1, 0.15) is 0 Å². The topological polar surface area (TPSA) is 9.23 Å². The van der Waals surface area contributed by atoms with Crippen molar-refractivity contribution >= 4 is 0 Å². The lowest BCUT2D eigenvalue weighted by molar-refractivity contribution is -0.274. The maximum absolute atomic E-state index is 13.1. The Morgan fingerprint density at radius 3 is 2.28 bits per heavy atom. The van der Waals surface area contributed by atoms with Gasteiger partial charge in [-0.2, -0.15) is 0 Å². The van der Waals surface area contributed by atoms with Crippen molar-refractivity contribution in [2.24, 2.45) is 0 Å². The fourth-order valence-electron chi connectivity index (χ4n) is 1.57. The minimum atomic E-state index is -4.77. The molecule has 0 saturated carbocycles. The molecule has 2 aromatic carbocycles. The third-order valence-electron chi connectivity index (χ3n) is 2.25. The van der Waals surface area contributed by atoms with E-state index in [4.69, 9.17) is 0 Å². The Kier molecular flexibility index (Phi) is 3.23. The highest BCUT2D eigenvalue weighted by molar-refractivity contribution is 5.70. The molecule has 2 rings (SSSR count). The molecular formula is C13H8F4O. The first kappa shape index (κ1) is 12.4. The second-order valence-electron chi connectivity index (χ2n) is 3.55. The van der Waals surface area contributed by atoms with Gasteiger partial charge in [0.2, 0.25) is 0 Å². The van der Waals surface area contributed by atoms with Gasteiger partial charge in [0.15, 0.2) is 0 Å². The van der Waals surface area contributed by atoms with Crippen LogP contribution in [0.5, 0.6) is 5.75 Å². The van der Waals surface area contributed by atoms with Gasteiger partial charge in [-0.05, 0) is 23.8 Å². The molecular weight excluding hydrogens is 248 g/mol. The van der Waals surface area contributed by atoms with Gasteiger partial charge in [0.1, 0.15) is 11.6 Å². The van der Waals surface area contributed by atoms with Crippen LogP contribution >= 0.6 is 0 Å². The summed E-state index contributed by atoms with van der Waals surface area (Å²) in [6.45, 7) is 0. The van der Waals surface area contributed by atoms with E-state index in [1.54, 1.807) is 6.07 Å². The van der Waals surface area contributed by atoms with Crippen LogP contribution in [0.3, 0.4) is 0 Å². The second kappa shape index (κ2) is 4.68. The van der Waals surface area contributed by atoms with Gasteiger partial charge < -0.3 is 4.74 Å². The lowest BCUT2D eigenvalue weighted by Crippen LogP contribution is -2.17. The van der Waals surface area contributed by atoms with Crippen molar-refractivity contribution in [2.75, 3.05) is 0 Å². The number of alkyl halides is 3. The third kappa shape index (κ3) is 3.00. The van der Waals surface area contributed by atoms with Gasteiger partial charge in [-0.25, -0.2) is 4.39 Å². The monoisotopic (exact) mass is 256 g/mol. The van der Waals surface area contributed by atoms with Crippen molar-refractivity contribution in [3.8, 4) is 16.9 Å². The summed E-state index contributed by atoms with van der Waals surface area (Å²) >= 11 is 0. The molecule has 0 aliphatic heterocycles. The van der Waals surface area contributed by atoms with Gasteiger partial charge in [-0.1, -0.05) is 30.3 Å². The molecule has 0 saturated heterocycles. The summed E-state index contributed by atoms with van der Waals surface area (Å²) in [6.07, 6.45) is -4.77. The van der Waals surface area contributed by atoms with Crippen LogP contribution in [-0.2, 0) is 0 Å².